The van der Waals surface area contributed by atoms with Crippen LogP contribution in [0.1, 0.15) is 15.9 Å². The average molecular weight is 211 g/mol. The fourth-order valence-corrected chi connectivity index (χ4v) is 1.02. The maximum Gasteiger partial charge on any atom is 0.328 e. The van der Waals surface area contributed by atoms with Gasteiger partial charge in [-0.2, -0.15) is 0 Å². The van der Waals surface area contributed by atoms with Crippen molar-refractivity contribution in [3.8, 4) is 0 Å². The van der Waals surface area contributed by atoms with Crippen LogP contribution in [-0.4, -0.2) is 16.3 Å². The van der Waals surface area contributed by atoms with E-state index in [0.29, 0.717) is 11.1 Å². The molecule has 1 aromatic carbocycles. The summed E-state index contributed by atoms with van der Waals surface area (Å²) in [6.45, 7) is 0. The maximum absolute atomic E-state index is 10.7. The maximum atomic E-state index is 10.7. The number of carboxylic acids is 1. The van der Waals surface area contributed by atoms with Crippen LogP contribution >= 0.6 is 11.6 Å². The number of halogens is 1. The Kier molecular flexibility index (Phi) is 3.42. The molecule has 0 aliphatic carbocycles. The monoisotopic (exact) mass is 210 g/mol. The predicted molar refractivity (Wildman–Crippen MR) is 53.3 cm³/mol. The third-order valence-corrected chi connectivity index (χ3v) is 1.77. The zero-order valence-corrected chi connectivity index (χ0v) is 7.86. The number of rotatable bonds is 3. The Morgan fingerprint density at radius 1 is 1.21 bits per heavy atom. The van der Waals surface area contributed by atoms with Gasteiger partial charge in [0.15, 0.2) is 0 Å². The van der Waals surface area contributed by atoms with Gasteiger partial charge >= 0.3 is 5.97 Å². The first-order chi connectivity index (χ1) is 6.59. The van der Waals surface area contributed by atoms with Crippen LogP contribution in [0.4, 0.5) is 0 Å². The highest BCUT2D eigenvalue weighted by molar-refractivity contribution is 6.67. The lowest BCUT2D eigenvalue weighted by Crippen LogP contribution is -1.88. The van der Waals surface area contributed by atoms with Crippen molar-refractivity contribution in [2.45, 2.75) is 0 Å². The fraction of sp³-hybridized carbons (Fsp3) is 0. The number of aliphatic carboxylic acids is 1. The lowest BCUT2D eigenvalue weighted by molar-refractivity contribution is -0.131. The minimum Gasteiger partial charge on any atom is -0.478 e. The summed E-state index contributed by atoms with van der Waals surface area (Å²) in [5.74, 6) is -1.01. The first kappa shape index (κ1) is 10.5. The smallest absolute Gasteiger partial charge is 0.328 e. The topological polar surface area (TPSA) is 54.4 Å². The second-order valence-electron chi connectivity index (χ2n) is 2.57. The molecule has 0 aliphatic heterocycles. The van der Waals surface area contributed by atoms with Crippen LogP contribution in [0.2, 0.25) is 0 Å². The molecule has 0 saturated heterocycles. The number of carboxylic acid groups (broad SMARTS) is 1. The van der Waals surface area contributed by atoms with Crippen molar-refractivity contribution in [3.63, 3.8) is 0 Å². The lowest BCUT2D eigenvalue weighted by Gasteiger charge is -1.94. The molecular weight excluding hydrogens is 204 g/mol. The van der Waals surface area contributed by atoms with Crippen LogP contribution in [0.5, 0.6) is 0 Å². The molecule has 0 radical (unpaired) electrons. The minimum absolute atomic E-state index is 0.388. The summed E-state index contributed by atoms with van der Waals surface area (Å²) in [4.78, 5) is 20.9. The Bertz CT molecular complexity index is 379. The van der Waals surface area contributed by atoms with E-state index in [4.69, 9.17) is 16.7 Å². The van der Waals surface area contributed by atoms with E-state index >= 15 is 0 Å². The van der Waals surface area contributed by atoms with Gasteiger partial charge in [0.25, 0.3) is 5.24 Å². The second kappa shape index (κ2) is 4.58. The van der Waals surface area contributed by atoms with Crippen molar-refractivity contribution in [2.75, 3.05) is 0 Å². The van der Waals surface area contributed by atoms with E-state index in [0.717, 1.165) is 6.08 Å². The Morgan fingerprint density at radius 3 is 2.21 bits per heavy atom. The molecule has 0 spiro atoms. The SMILES string of the molecule is O=C(O)/C=C/c1ccc(C(=O)Cl)cc1. The largest absolute Gasteiger partial charge is 0.478 e. The van der Waals surface area contributed by atoms with Crippen molar-refractivity contribution in [3.05, 3.63) is 41.5 Å². The van der Waals surface area contributed by atoms with E-state index in [1.807, 2.05) is 0 Å². The van der Waals surface area contributed by atoms with E-state index in [-0.39, 0.29) is 0 Å². The summed E-state index contributed by atoms with van der Waals surface area (Å²) >= 11 is 5.23. The van der Waals surface area contributed by atoms with Crippen molar-refractivity contribution >= 4 is 28.9 Å². The second-order valence-corrected chi connectivity index (χ2v) is 2.91. The molecule has 0 atom stereocenters. The van der Waals surface area contributed by atoms with Crippen molar-refractivity contribution < 1.29 is 14.7 Å². The molecular formula is C10H7ClO3. The summed E-state index contributed by atoms with van der Waals surface area (Å²) < 4.78 is 0. The number of benzene rings is 1. The third kappa shape index (κ3) is 3.03. The summed E-state index contributed by atoms with van der Waals surface area (Å²) in [7, 11) is 0. The van der Waals surface area contributed by atoms with Crippen LogP contribution in [0.25, 0.3) is 6.08 Å². The number of carbonyl (C=O) groups is 2. The Morgan fingerprint density at radius 2 is 1.79 bits per heavy atom. The van der Waals surface area contributed by atoms with E-state index in [9.17, 15) is 9.59 Å². The molecule has 0 amide bonds. The van der Waals surface area contributed by atoms with Gasteiger partial charge in [-0.3, -0.25) is 4.79 Å². The van der Waals surface area contributed by atoms with Gasteiger partial charge in [-0.05, 0) is 35.4 Å². The highest BCUT2D eigenvalue weighted by Crippen LogP contribution is 2.08. The van der Waals surface area contributed by atoms with Crippen LogP contribution in [-0.2, 0) is 4.79 Å². The summed E-state index contributed by atoms with van der Waals surface area (Å²) in [6.07, 6.45) is 2.46. The molecule has 4 heteroatoms. The van der Waals surface area contributed by atoms with E-state index in [1.165, 1.54) is 18.2 Å². The molecule has 0 aliphatic rings. The molecule has 1 rings (SSSR count). The van der Waals surface area contributed by atoms with Crippen LogP contribution in [0, 0.1) is 0 Å². The van der Waals surface area contributed by atoms with Gasteiger partial charge in [0.1, 0.15) is 0 Å². The normalized spacial score (nSPS) is 10.4. The zero-order valence-electron chi connectivity index (χ0n) is 7.11. The standard InChI is InChI=1S/C10H7ClO3/c11-10(14)8-4-1-7(2-5-8)3-6-9(12)13/h1-6H,(H,12,13)/b6-3+. The summed E-state index contributed by atoms with van der Waals surface area (Å²) in [5, 5.41) is 7.83. The van der Waals surface area contributed by atoms with Gasteiger partial charge in [-0.25, -0.2) is 4.79 Å². The Hall–Kier alpha value is -1.61. The Labute approximate surface area is 85.6 Å². The number of hydrogen-bond acceptors (Lipinski definition) is 2. The molecule has 1 N–H and O–H groups in total. The van der Waals surface area contributed by atoms with E-state index in [2.05, 4.69) is 0 Å². The number of carbonyl (C=O) groups excluding carboxylic acids is 1. The van der Waals surface area contributed by atoms with E-state index in [1.54, 1.807) is 12.1 Å². The van der Waals surface area contributed by atoms with Gasteiger partial charge in [0.05, 0.1) is 0 Å². The van der Waals surface area contributed by atoms with Gasteiger partial charge in [0.2, 0.25) is 0 Å². The third-order valence-electron chi connectivity index (χ3n) is 1.56. The van der Waals surface area contributed by atoms with Crippen molar-refractivity contribution in [2.24, 2.45) is 0 Å². The number of hydrogen-bond donors (Lipinski definition) is 1. The first-order valence-electron chi connectivity index (χ1n) is 3.80. The highest BCUT2D eigenvalue weighted by Gasteiger charge is 1.99. The van der Waals surface area contributed by atoms with Gasteiger partial charge in [0, 0.05) is 11.6 Å². The van der Waals surface area contributed by atoms with Gasteiger partial charge in [-0.15, -0.1) is 0 Å². The van der Waals surface area contributed by atoms with Crippen LogP contribution < -0.4 is 0 Å². The molecule has 1 aromatic rings. The highest BCUT2D eigenvalue weighted by atomic mass is 35.5. The molecule has 0 fully saturated rings. The lowest BCUT2D eigenvalue weighted by atomic mass is 10.1. The van der Waals surface area contributed by atoms with Crippen LogP contribution in [0.15, 0.2) is 30.3 Å². The molecule has 14 heavy (non-hydrogen) atoms. The fourth-order valence-electron chi connectivity index (χ4n) is 0.893. The van der Waals surface area contributed by atoms with Crippen molar-refractivity contribution in [1.82, 2.24) is 0 Å². The average Bonchev–Trinajstić information content (AvgIpc) is 2.15. The van der Waals surface area contributed by atoms with Gasteiger partial charge in [-0.1, -0.05) is 12.1 Å². The minimum atomic E-state index is -1.01. The molecule has 72 valence electrons. The van der Waals surface area contributed by atoms with Crippen LogP contribution in [0.3, 0.4) is 0 Å². The first-order valence-corrected chi connectivity index (χ1v) is 4.18. The summed E-state index contributed by atoms with van der Waals surface area (Å²) in [6, 6.07) is 6.32. The molecule has 3 nitrogen and oxygen atoms in total. The molecule has 0 unspecified atom stereocenters. The van der Waals surface area contributed by atoms with E-state index < -0.39 is 11.2 Å². The molecule has 0 heterocycles. The Balaban J connectivity index is 2.83. The quantitative estimate of drug-likeness (QED) is 0.615. The predicted octanol–water partition coefficient (Wildman–Crippen LogP) is 2.16. The zero-order chi connectivity index (χ0) is 10.6. The molecule has 0 aromatic heterocycles. The molecule has 0 saturated carbocycles. The molecule has 0 bridgehead atoms. The van der Waals surface area contributed by atoms with Gasteiger partial charge < -0.3 is 5.11 Å². The van der Waals surface area contributed by atoms with Crippen molar-refractivity contribution in [1.29, 1.82) is 0 Å². The summed E-state index contributed by atoms with van der Waals surface area (Å²) in [5.41, 5.74) is 1.09.